The van der Waals surface area contributed by atoms with Crippen molar-refractivity contribution in [3.63, 3.8) is 0 Å². The van der Waals surface area contributed by atoms with Gasteiger partial charge in [0.2, 0.25) is 0 Å². The van der Waals surface area contributed by atoms with Gasteiger partial charge >= 0.3 is 17.4 Å². The number of thiocarbonyl (C=S) groups is 1. The highest BCUT2D eigenvalue weighted by Crippen LogP contribution is 2.26. The molecule has 0 aromatic rings. The van der Waals surface area contributed by atoms with Crippen molar-refractivity contribution in [1.82, 2.24) is 0 Å². The summed E-state index contributed by atoms with van der Waals surface area (Å²) < 4.78 is 32.3. The summed E-state index contributed by atoms with van der Waals surface area (Å²) in [6, 6.07) is 1.71. The third kappa shape index (κ3) is 14.3. The van der Waals surface area contributed by atoms with Crippen molar-refractivity contribution in [3.05, 3.63) is 0 Å². The monoisotopic (exact) mass is 590 g/mol. The maximum Gasteiger partial charge on any atom is 0.501 e. The smallest absolute Gasteiger partial charge is 0.396 e. The van der Waals surface area contributed by atoms with E-state index < -0.39 is 17.4 Å². The Morgan fingerprint density at radius 1 is 1.15 bits per heavy atom. The van der Waals surface area contributed by atoms with Crippen LogP contribution in [0.4, 0.5) is 0 Å². The maximum atomic E-state index is 9.40. The summed E-state index contributed by atoms with van der Waals surface area (Å²) in [5, 5.41) is 9.40. The average Bonchev–Trinajstić information content (AvgIpc) is 2.83. The Morgan fingerprint density at radius 2 is 1.79 bits per heavy atom. The first-order valence-corrected chi connectivity index (χ1v) is 19.8. The zero-order chi connectivity index (χ0) is 25.5. The second-order valence-electron chi connectivity index (χ2n) is 9.33. The van der Waals surface area contributed by atoms with Gasteiger partial charge in [-0.2, -0.15) is 12.6 Å². The van der Waals surface area contributed by atoms with Crippen molar-refractivity contribution in [1.29, 1.82) is 0 Å². The van der Waals surface area contributed by atoms with Gasteiger partial charge in [0, 0.05) is 63.4 Å². The molecule has 202 valence electrons. The number of hydrogen-bond donors (Lipinski definition) is 2. The quantitative estimate of drug-likeness (QED) is 0.0935. The van der Waals surface area contributed by atoms with Gasteiger partial charge in [-0.15, -0.1) is 23.5 Å². The molecule has 34 heavy (non-hydrogen) atoms. The number of hydrogen-bond acceptors (Lipinski definition) is 10. The molecule has 6 nitrogen and oxygen atoms in total. The third-order valence-electron chi connectivity index (χ3n) is 5.32. The van der Waals surface area contributed by atoms with Gasteiger partial charge in [-0.05, 0) is 42.7 Å². The molecule has 1 N–H and O–H groups in total. The van der Waals surface area contributed by atoms with E-state index in [9.17, 15) is 5.11 Å². The van der Waals surface area contributed by atoms with E-state index in [1.807, 2.05) is 6.92 Å². The van der Waals surface area contributed by atoms with E-state index in [2.05, 4.69) is 39.9 Å². The van der Waals surface area contributed by atoms with E-state index in [0.29, 0.717) is 39.0 Å². The molecule has 1 heterocycles. The van der Waals surface area contributed by atoms with E-state index in [0.717, 1.165) is 45.7 Å². The zero-order valence-corrected chi connectivity index (χ0v) is 26.9. The van der Waals surface area contributed by atoms with Crippen LogP contribution in [0.3, 0.4) is 0 Å². The lowest BCUT2D eigenvalue weighted by Gasteiger charge is -2.36. The minimum absolute atomic E-state index is 0.0970. The minimum atomic E-state index is -2.63. The SMILES string of the molecule is CCSC(=S)SCCC[Si](C)(OCC(C)CO)OCC(C)CO[Si]1(CCCS)OCC(C)CO1. The van der Waals surface area contributed by atoms with Crippen molar-refractivity contribution in [2.45, 2.75) is 59.2 Å². The molecule has 3 atom stereocenters. The Hall–Kier alpha value is 1.33. The lowest BCUT2D eigenvalue weighted by molar-refractivity contribution is -0.0135. The molecule has 0 radical (unpaired) electrons. The molecule has 0 amide bonds. The van der Waals surface area contributed by atoms with Gasteiger partial charge in [0.15, 0.2) is 0 Å². The Kier molecular flexibility index (Phi) is 18.2. The van der Waals surface area contributed by atoms with E-state index >= 15 is 0 Å². The number of aliphatic hydroxyl groups is 1. The first-order chi connectivity index (χ1) is 16.2. The molecule has 12 heteroatoms. The Balaban J connectivity index is 2.56. The molecule has 0 saturated carbocycles. The minimum Gasteiger partial charge on any atom is -0.396 e. The fourth-order valence-electron chi connectivity index (χ4n) is 3.13. The molecule has 0 spiro atoms. The molecule has 1 fully saturated rings. The summed E-state index contributed by atoms with van der Waals surface area (Å²) in [5.41, 5.74) is 0. The van der Waals surface area contributed by atoms with Crippen molar-refractivity contribution < 1.29 is 27.2 Å². The number of aliphatic hydroxyl groups excluding tert-OH is 1. The molecule has 1 aliphatic heterocycles. The van der Waals surface area contributed by atoms with Crippen LogP contribution in [0, 0.1) is 17.8 Å². The summed E-state index contributed by atoms with van der Waals surface area (Å²) in [5.74, 6) is 3.48. The lowest BCUT2D eigenvalue weighted by Crippen LogP contribution is -2.52. The highest BCUT2D eigenvalue weighted by Gasteiger charge is 2.44. The van der Waals surface area contributed by atoms with Crippen LogP contribution >= 0.6 is 48.4 Å². The lowest BCUT2D eigenvalue weighted by atomic mass is 10.2. The zero-order valence-electron chi connectivity index (χ0n) is 21.6. The van der Waals surface area contributed by atoms with Gasteiger partial charge in [0.1, 0.15) is 3.53 Å². The molecule has 0 aromatic carbocycles. The van der Waals surface area contributed by atoms with E-state index in [1.165, 1.54) is 0 Å². The summed E-state index contributed by atoms with van der Waals surface area (Å²) in [6.45, 7) is 13.6. The van der Waals surface area contributed by atoms with Crippen LogP contribution in [-0.4, -0.2) is 82.9 Å². The number of thioether (sulfide) groups is 2. The first kappa shape index (κ1) is 33.4. The number of thiol groups is 1. The number of rotatable bonds is 18. The van der Waals surface area contributed by atoms with Crippen molar-refractivity contribution >= 4 is 69.3 Å². The van der Waals surface area contributed by atoms with Crippen LogP contribution in [0.5, 0.6) is 0 Å². The van der Waals surface area contributed by atoms with Gasteiger partial charge < -0.3 is 27.2 Å². The molecule has 1 saturated heterocycles. The van der Waals surface area contributed by atoms with Gasteiger partial charge in [-0.1, -0.05) is 39.9 Å². The summed E-state index contributed by atoms with van der Waals surface area (Å²) in [4.78, 5) is 0. The summed E-state index contributed by atoms with van der Waals surface area (Å²) in [7, 11) is -5.02. The normalized spacial score (nSPS) is 24.5. The van der Waals surface area contributed by atoms with Crippen molar-refractivity contribution in [2.24, 2.45) is 17.8 Å². The molecule has 1 aliphatic rings. The largest absolute Gasteiger partial charge is 0.501 e. The average molecular weight is 591 g/mol. The fraction of sp³-hybridized carbons (Fsp3) is 0.955. The standard InChI is InChI=1S/C22H46O6S4Si2/c1-6-31-22(30)32-10-8-11-33(5,24-14-19(2)13-23)25-15-20(3)16-26-34(12-7-9-29)27-17-21(4)18-28-34/h19-21,23,29H,6-18H2,1-5H3. The van der Waals surface area contributed by atoms with Crippen LogP contribution in [0.2, 0.25) is 18.6 Å². The molecule has 1 rings (SSSR count). The molecule has 0 bridgehead atoms. The van der Waals surface area contributed by atoms with Crippen LogP contribution in [-0.2, 0) is 22.1 Å². The predicted octanol–water partition coefficient (Wildman–Crippen LogP) is 5.48. The molecule has 0 aliphatic carbocycles. The van der Waals surface area contributed by atoms with Gasteiger partial charge in [0.05, 0.1) is 0 Å². The molecule has 0 aromatic heterocycles. The Bertz CT molecular complexity index is 552. The maximum absolute atomic E-state index is 9.40. The first-order valence-electron chi connectivity index (χ1n) is 12.4. The van der Waals surface area contributed by atoms with Crippen LogP contribution < -0.4 is 0 Å². The highest BCUT2D eigenvalue weighted by molar-refractivity contribution is 8.47. The molecular formula is C22H46O6S4Si2. The summed E-state index contributed by atoms with van der Waals surface area (Å²) >= 11 is 13.2. The van der Waals surface area contributed by atoms with Crippen molar-refractivity contribution in [3.8, 4) is 0 Å². The summed E-state index contributed by atoms with van der Waals surface area (Å²) in [6.07, 6.45) is 1.92. The van der Waals surface area contributed by atoms with Gasteiger partial charge in [0.25, 0.3) is 0 Å². The van der Waals surface area contributed by atoms with Gasteiger partial charge in [-0.25, -0.2) is 0 Å². The Morgan fingerprint density at radius 3 is 2.38 bits per heavy atom. The van der Waals surface area contributed by atoms with E-state index in [4.69, 9.17) is 34.3 Å². The van der Waals surface area contributed by atoms with E-state index in [-0.39, 0.29) is 18.4 Å². The molecule has 3 unspecified atom stereocenters. The highest BCUT2D eigenvalue weighted by atomic mass is 32.2. The van der Waals surface area contributed by atoms with Crippen molar-refractivity contribution in [2.75, 3.05) is 56.9 Å². The predicted molar refractivity (Wildman–Crippen MR) is 158 cm³/mol. The fourth-order valence-corrected chi connectivity index (χ4v) is 11.4. The Labute approximate surface area is 229 Å². The van der Waals surface area contributed by atoms with Crippen LogP contribution in [0.25, 0.3) is 0 Å². The second-order valence-corrected chi connectivity index (χ2v) is 19.4. The molecular weight excluding hydrogens is 545 g/mol. The second kappa shape index (κ2) is 18.6. The third-order valence-corrected chi connectivity index (χ3v) is 13.9. The van der Waals surface area contributed by atoms with Crippen LogP contribution in [0.15, 0.2) is 0 Å². The van der Waals surface area contributed by atoms with E-state index in [1.54, 1.807) is 23.5 Å². The van der Waals surface area contributed by atoms with Gasteiger partial charge in [-0.3, -0.25) is 0 Å². The van der Waals surface area contributed by atoms with Crippen LogP contribution in [0.1, 0.15) is 40.5 Å². The topological polar surface area (TPSA) is 66.4 Å².